The van der Waals surface area contributed by atoms with Crippen LogP contribution in [0.3, 0.4) is 0 Å². The van der Waals surface area contributed by atoms with Crippen LogP contribution in [0.15, 0.2) is 0 Å². The van der Waals surface area contributed by atoms with E-state index < -0.39 is 42.3 Å². The smallest absolute Gasteiger partial charge is 0.245 e. The molecule has 48 heavy (non-hydrogen) atoms. The molecule has 2 radical (unpaired) electrons. The number of ether oxygens (including phenoxy) is 3. The van der Waals surface area contributed by atoms with E-state index in [1.54, 1.807) is 50.1 Å². The molecule has 2 rings (SSSR count). The summed E-state index contributed by atoms with van der Waals surface area (Å²) in [6.07, 6.45) is 1.50. The van der Waals surface area contributed by atoms with Gasteiger partial charge in [-0.05, 0) is 50.0 Å². The van der Waals surface area contributed by atoms with Gasteiger partial charge in [0, 0.05) is 41.5 Å². The molecule has 2 heterocycles. The van der Waals surface area contributed by atoms with Gasteiger partial charge in [0.25, 0.3) is 0 Å². The second-order valence-electron chi connectivity index (χ2n) is 14.5. The lowest BCUT2D eigenvalue weighted by atomic mass is 9.89. The highest BCUT2D eigenvalue weighted by atomic mass is 16.5. The average molecular weight is 678 g/mol. The Bertz CT molecular complexity index is 1060. The summed E-state index contributed by atoms with van der Waals surface area (Å²) in [5.41, 5.74) is 0. The van der Waals surface area contributed by atoms with Crippen LogP contribution >= 0.6 is 0 Å². The van der Waals surface area contributed by atoms with Gasteiger partial charge in [-0.2, -0.15) is 0 Å². The van der Waals surface area contributed by atoms with Crippen molar-refractivity contribution in [1.29, 1.82) is 0 Å². The maximum absolute atomic E-state index is 14.2. The number of rotatable bonds is 18. The largest absolute Gasteiger partial charge is 0.380 e. The Morgan fingerprint density at radius 1 is 0.958 bits per heavy atom. The van der Waals surface area contributed by atoms with Gasteiger partial charge in [-0.1, -0.05) is 54.9 Å². The van der Waals surface area contributed by atoms with E-state index in [1.165, 1.54) is 0 Å². The molecule has 13 heteroatoms. The molecule has 2 aliphatic heterocycles. The summed E-state index contributed by atoms with van der Waals surface area (Å²) >= 11 is 0. The van der Waals surface area contributed by atoms with E-state index in [1.807, 2.05) is 48.5 Å². The average Bonchev–Trinajstić information content (AvgIpc) is 3.68. The van der Waals surface area contributed by atoms with Crippen LogP contribution in [0, 0.1) is 23.7 Å². The molecule has 4 amide bonds. The molecule has 10 atom stereocenters. The molecule has 274 valence electrons. The SMILES string of the molecule is [B][C@@H]1CCCN1C(=O)[C@H](C)[C@@H](OC)[C@@H]1C[C@@H](OC)CN1C(=O)C[C@@H](OC)[C@H]([C@@H](C)CC)N(C)C(=O)[C@@H](NC(=O)[C@@H](NC)C(C)C)C(C)C. The lowest BCUT2D eigenvalue weighted by molar-refractivity contribution is -0.149. The second-order valence-corrected chi connectivity index (χ2v) is 14.5. The summed E-state index contributed by atoms with van der Waals surface area (Å²) in [5, 5.41) is 6.03. The number of carbonyl (C=O) groups is 4. The van der Waals surface area contributed by atoms with E-state index in [0.717, 1.165) is 19.3 Å². The summed E-state index contributed by atoms with van der Waals surface area (Å²) in [4.78, 5) is 60.2. The number of likely N-dealkylation sites (N-methyl/N-ethyl adjacent to an activating group) is 2. The van der Waals surface area contributed by atoms with Crippen LogP contribution in [-0.2, 0) is 33.4 Å². The van der Waals surface area contributed by atoms with Crippen molar-refractivity contribution in [3.8, 4) is 0 Å². The zero-order valence-electron chi connectivity index (χ0n) is 31.7. The predicted molar refractivity (Wildman–Crippen MR) is 187 cm³/mol. The Morgan fingerprint density at radius 3 is 2.04 bits per heavy atom. The van der Waals surface area contributed by atoms with Crippen molar-refractivity contribution >= 4 is 31.5 Å². The molecule has 0 unspecified atom stereocenters. The van der Waals surface area contributed by atoms with E-state index in [0.29, 0.717) is 19.5 Å². The molecule has 0 aromatic rings. The van der Waals surface area contributed by atoms with Gasteiger partial charge in [0.05, 0.1) is 56.6 Å². The first-order chi connectivity index (χ1) is 22.6. The van der Waals surface area contributed by atoms with Gasteiger partial charge in [-0.25, -0.2) is 0 Å². The minimum absolute atomic E-state index is 0.0136. The van der Waals surface area contributed by atoms with Gasteiger partial charge >= 0.3 is 0 Å². The van der Waals surface area contributed by atoms with E-state index in [2.05, 4.69) is 10.6 Å². The molecule has 2 aliphatic rings. The molecule has 2 N–H and O–H groups in total. The highest BCUT2D eigenvalue weighted by Gasteiger charge is 2.46. The third-order valence-electron chi connectivity index (χ3n) is 10.6. The van der Waals surface area contributed by atoms with Gasteiger partial charge in [0.15, 0.2) is 0 Å². The molecule has 0 aromatic heterocycles. The first-order valence-corrected chi connectivity index (χ1v) is 17.8. The first-order valence-electron chi connectivity index (χ1n) is 17.8. The summed E-state index contributed by atoms with van der Waals surface area (Å²) in [6, 6.07) is -2.04. The number of amides is 4. The predicted octanol–water partition coefficient (Wildman–Crippen LogP) is 2.03. The van der Waals surface area contributed by atoms with Crippen molar-refractivity contribution < 1.29 is 33.4 Å². The molecule has 0 aromatic carbocycles. The van der Waals surface area contributed by atoms with Crippen LogP contribution in [0.25, 0.3) is 0 Å². The second kappa shape index (κ2) is 19.2. The zero-order valence-corrected chi connectivity index (χ0v) is 31.7. The van der Waals surface area contributed by atoms with Crippen LogP contribution in [0.4, 0.5) is 0 Å². The van der Waals surface area contributed by atoms with Crippen LogP contribution < -0.4 is 10.6 Å². The van der Waals surface area contributed by atoms with Crippen molar-refractivity contribution in [2.24, 2.45) is 23.7 Å². The van der Waals surface area contributed by atoms with Crippen molar-refractivity contribution in [1.82, 2.24) is 25.3 Å². The number of hydrogen-bond donors (Lipinski definition) is 2. The van der Waals surface area contributed by atoms with Crippen LogP contribution in [0.2, 0.25) is 0 Å². The Balaban J connectivity index is 2.34. The van der Waals surface area contributed by atoms with E-state index in [-0.39, 0.29) is 59.8 Å². The van der Waals surface area contributed by atoms with Gasteiger partial charge in [0.2, 0.25) is 23.6 Å². The number of methoxy groups -OCH3 is 3. The molecule has 2 fully saturated rings. The molecule has 0 saturated carbocycles. The highest BCUT2D eigenvalue weighted by molar-refractivity contribution is 6.13. The molecule has 0 bridgehead atoms. The van der Waals surface area contributed by atoms with Crippen molar-refractivity contribution in [2.75, 3.05) is 48.5 Å². The zero-order chi connectivity index (χ0) is 36.5. The fourth-order valence-electron chi connectivity index (χ4n) is 7.52. The maximum atomic E-state index is 14.2. The number of hydrogen-bond acceptors (Lipinski definition) is 8. The standard InChI is InChI=1S/C35H64BN5O7/c1-13-22(6)31(39(9)35(45)30(21(4)5)38-33(43)29(37-8)20(2)3)26(47-11)18-28(42)41-19-24(46-10)17-25(41)32(48-12)23(7)34(44)40-16-14-15-27(40)36/h20-27,29-32,37H,13-19H2,1-12H3,(H,38,43)/t22-,23+,24+,25-,26+,27-,29-,30-,31-,32+/m0/s1. The lowest BCUT2D eigenvalue weighted by Crippen LogP contribution is -2.59. The number of likely N-dealkylation sites (tertiary alicyclic amines) is 2. The Labute approximate surface area is 291 Å². The fourth-order valence-corrected chi connectivity index (χ4v) is 7.52. The third-order valence-corrected chi connectivity index (χ3v) is 10.6. The summed E-state index contributed by atoms with van der Waals surface area (Å²) in [5.74, 6) is -1.69. The van der Waals surface area contributed by atoms with Crippen LogP contribution in [0.5, 0.6) is 0 Å². The normalized spacial score (nSPS) is 24.2. The summed E-state index contributed by atoms with van der Waals surface area (Å²) in [7, 11) is 14.4. The molecular weight excluding hydrogens is 613 g/mol. The topological polar surface area (TPSA) is 130 Å². The first kappa shape index (κ1) is 42.0. The molecular formula is C35H64BN5O7. The van der Waals surface area contributed by atoms with Crippen molar-refractivity contribution in [3.63, 3.8) is 0 Å². The van der Waals surface area contributed by atoms with Gasteiger partial charge in [0.1, 0.15) is 6.04 Å². The summed E-state index contributed by atoms with van der Waals surface area (Å²) < 4.78 is 17.7. The van der Waals surface area contributed by atoms with Gasteiger partial charge in [-0.3, -0.25) is 19.2 Å². The monoisotopic (exact) mass is 677 g/mol. The summed E-state index contributed by atoms with van der Waals surface area (Å²) in [6.45, 7) is 14.6. The lowest BCUT2D eigenvalue weighted by Gasteiger charge is -2.41. The van der Waals surface area contributed by atoms with Crippen LogP contribution in [0.1, 0.15) is 80.6 Å². The number of nitrogens with zero attached hydrogens (tertiary/aromatic N) is 3. The van der Waals surface area contributed by atoms with Crippen molar-refractivity contribution in [2.45, 2.75) is 129 Å². The number of carbonyl (C=O) groups excluding carboxylic acids is 4. The minimum Gasteiger partial charge on any atom is -0.380 e. The fraction of sp³-hybridized carbons (Fsp3) is 0.886. The van der Waals surface area contributed by atoms with Crippen molar-refractivity contribution in [3.05, 3.63) is 0 Å². The van der Waals surface area contributed by atoms with Gasteiger partial charge < -0.3 is 39.5 Å². The number of nitrogens with one attached hydrogen (secondary N) is 2. The Morgan fingerprint density at radius 2 is 1.58 bits per heavy atom. The van der Waals surface area contributed by atoms with E-state index in [9.17, 15) is 19.2 Å². The van der Waals surface area contributed by atoms with E-state index in [4.69, 9.17) is 22.1 Å². The minimum atomic E-state index is -0.757. The molecule has 12 nitrogen and oxygen atoms in total. The van der Waals surface area contributed by atoms with Crippen LogP contribution in [-0.4, -0.2) is 143 Å². The highest BCUT2D eigenvalue weighted by Crippen LogP contribution is 2.32. The Kier molecular flexibility index (Phi) is 16.8. The Hall–Kier alpha value is -2.22. The van der Waals surface area contributed by atoms with Gasteiger partial charge in [-0.15, -0.1) is 0 Å². The molecule has 2 saturated heterocycles. The molecule has 0 spiro atoms. The quantitative estimate of drug-likeness (QED) is 0.211. The molecule has 0 aliphatic carbocycles. The third kappa shape index (κ3) is 9.94. The maximum Gasteiger partial charge on any atom is 0.245 e. The van der Waals surface area contributed by atoms with E-state index >= 15 is 0 Å².